The third kappa shape index (κ3) is 6.41. The Kier molecular flexibility index (Phi) is 6.46. The van der Waals surface area contributed by atoms with Gasteiger partial charge in [-0.05, 0) is 12.8 Å². The van der Waals surface area contributed by atoms with Crippen LogP contribution in [0, 0.1) is 0 Å². The Bertz CT molecular complexity index is 703. The van der Waals surface area contributed by atoms with E-state index in [1.54, 1.807) is 0 Å². The van der Waals surface area contributed by atoms with E-state index >= 15 is 0 Å². The van der Waals surface area contributed by atoms with E-state index < -0.39 is 35.6 Å². The van der Waals surface area contributed by atoms with E-state index in [2.05, 4.69) is 15.4 Å². The zero-order valence-electron chi connectivity index (χ0n) is 12.0. The molecule has 1 rings (SSSR count). The van der Waals surface area contributed by atoms with Crippen molar-refractivity contribution in [2.75, 3.05) is 6.54 Å². The van der Waals surface area contributed by atoms with Gasteiger partial charge < -0.3 is 21.9 Å². The number of aliphatic imine (C=N–C) groups is 1. The molecular weight excluding hydrogens is 310 g/mol. The van der Waals surface area contributed by atoms with Crippen LogP contribution >= 0.6 is 0 Å². The van der Waals surface area contributed by atoms with E-state index in [0.29, 0.717) is 6.42 Å². The topological polar surface area (TPSA) is 209 Å². The highest BCUT2D eigenvalue weighted by atomic mass is 16.4. The maximum absolute atomic E-state index is 11.8. The van der Waals surface area contributed by atoms with Crippen molar-refractivity contribution in [2.45, 2.75) is 25.3 Å². The number of nitrogens with zero attached hydrogens (tertiary/aromatic N) is 2. The number of aliphatic carboxylic acids is 1. The van der Waals surface area contributed by atoms with Crippen LogP contribution in [0.3, 0.4) is 0 Å². The molecule has 0 fully saturated rings. The highest BCUT2D eigenvalue weighted by molar-refractivity contribution is 5.84. The highest BCUT2D eigenvalue weighted by Gasteiger charge is 2.20. The van der Waals surface area contributed by atoms with E-state index in [-0.39, 0.29) is 24.6 Å². The van der Waals surface area contributed by atoms with Crippen molar-refractivity contribution in [1.29, 1.82) is 0 Å². The molecule has 0 saturated heterocycles. The Hall–Kier alpha value is -3.18. The van der Waals surface area contributed by atoms with Gasteiger partial charge in [0, 0.05) is 6.54 Å². The number of aromatic nitrogens is 3. The number of rotatable bonds is 8. The number of carboxylic acid groups (broad SMARTS) is 1. The van der Waals surface area contributed by atoms with Gasteiger partial charge in [-0.15, -0.1) is 0 Å². The molecule has 12 nitrogen and oxygen atoms in total. The van der Waals surface area contributed by atoms with Crippen molar-refractivity contribution in [3.8, 4) is 0 Å². The summed E-state index contributed by atoms with van der Waals surface area (Å²) in [5.74, 6) is -2.06. The molecular formula is C11H17N7O5. The second kappa shape index (κ2) is 8.31. The minimum atomic E-state index is -1.23. The van der Waals surface area contributed by atoms with Gasteiger partial charge in [0.2, 0.25) is 5.91 Å². The van der Waals surface area contributed by atoms with Crippen LogP contribution in [-0.4, -0.2) is 50.7 Å². The summed E-state index contributed by atoms with van der Waals surface area (Å²) in [7, 11) is 0. The summed E-state index contributed by atoms with van der Waals surface area (Å²) >= 11 is 0. The molecule has 0 aliphatic heterocycles. The number of hydrogen-bond donors (Lipinski definition) is 6. The van der Waals surface area contributed by atoms with Gasteiger partial charge in [-0.1, -0.05) is 0 Å². The quantitative estimate of drug-likeness (QED) is 0.161. The number of hydrogen-bond acceptors (Lipinski definition) is 6. The van der Waals surface area contributed by atoms with E-state index in [1.807, 2.05) is 10.1 Å². The summed E-state index contributed by atoms with van der Waals surface area (Å²) in [6, 6.07) is -1.15. The fraction of sp³-hybridized carbons (Fsp3) is 0.455. The Morgan fingerprint density at radius 2 is 2.04 bits per heavy atom. The number of H-pyrrole nitrogens is 2. The van der Waals surface area contributed by atoms with Crippen LogP contribution in [0.5, 0.6) is 0 Å². The average Bonchev–Trinajstić information content (AvgIpc) is 2.44. The largest absolute Gasteiger partial charge is 0.480 e. The van der Waals surface area contributed by atoms with Crippen LogP contribution in [0.25, 0.3) is 0 Å². The van der Waals surface area contributed by atoms with Gasteiger partial charge >= 0.3 is 11.7 Å². The molecule has 0 saturated carbocycles. The van der Waals surface area contributed by atoms with Crippen LogP contribution in [-0.2, 0) is 16.0 Å². The van der Waals surface area contributed by atoms with E-state index in [4.69, 9.17) is 16.6 Å². The highest BCUT2D eigenvalue weighted by Crippen LogP contribution is 1.99. The number of nitrogens with one attached hydrogen (secondary N) is 3. The van der Waals surface area contributed by atoms with Crippen LogP contribution in [0.15, 0.2) is 14.6 Å². The van der Waals surface area contributed by atoms with Crippen molar-refractivity contribution in [3.63, 3.8) is 0 Å². The number of nitrogens with two attached hydrogens (primary N) is 2. The van der Waals surface area contributed by atoms with Crippen molar-refractivity contribution in [3.05, 3.63) is 26.5 Å². The Morgan fingerprint density at radius 3 is 2.61 bits per heavy atom. The average molecular weight is 327 g/mol. The van der Waals surface area contributed by atoms with Crippen molar-refractivity contribution in [1.82, 2.24) is 20.5 Å². The number of carbonyl (C=O) groups is 2. The van der Waals surface area contributed by atoms with Gasteiger partial charge in [-0.2, -0.15) is 5.10 Å². The second-order valence-corrected chi connectivity index (χ2v) is 4.54. The molecule has 0 bridgehead atoms. The number of guanidine groups is 1. The Balaban J connectivity index is 2.60. The first kappa shape index (κ1) is 17.9. The summed E-state index contributed by atoms with van der Waals surface area (Å²) in [6.45, 7) is 0.225. The van der Waals surface area contributed by atoms with E-state index in [1.165, 1.54) is 0 Å². The minimum absolute atomic E-state index is 0.104. The fourth-order valence-corrected chi connectivity index (χ4v) is 1.65. The van der Waals surface area contributed by atoms with Gasteiger partial charge in [-0.25, -0.2) is 14.7 Å². The maximum Gasteiger partial charge on any atom is 0.342 e. The van der Waals surface area contributed by atoms with Gasteiger partial charge in [0.1, 0.15) is 11.7 Å². The molecule has 1 heterocycles. The van der Waals surface area contributed by atoms with Gasteiger partial charge in [-0.3, -0.25) is 19.6 Å². The summed E-state index contributed by atoms with van der Waals surface area (Å²) in [6.07, 6.45) is -0.0241. The van der Waals surface area contributed by atoms with Gasteiger partial charge in [0.05, 0.1) is 6.42 Å². The molecule has 1 amide bonds. The standard InChI is InChI=1S/C11H17N7O5/c12-10(13)14-3-1-2-5(9(21)22)15-7(19)4-6-8(20)16-11(23)18-17-6/h5H,1-4H2,(H,15,19)(H,21,22)(H4,12,13,14)(H2,16,18,20,23). The van der Waals surface area contributed by atoms with Crippen LogP contribution in [0.2, 0.25) is 0 Å². The normalized spacial score (nSPS) is 11.5. The molecule has 1 atom stereocenters. The third-order valence-electron chi connectivity index (χ3n) is 2.69. The van der Waals surface area contributed by atoms with E-state index in [9.17, 15) is 19.2 Å². The number of carbonyl (C=O) groups excluding carboxylic acids is 1. The second-order valence-electron chi connectivity index (χ2n) is 4.54. The lowest BCUT2D eigenvalue weighted by Gasteiger charge is -2.13. The lowest BCUT2D eigenvalue weighted by Crippen LogP contribution is -2.42. The molecule has 1 aromatic heterocycles. The van der Waals surface area contributed by atoms with Crippen LogP contribution < -0.4 is 28.0 Å². The molecule has 12 heteroatoms. The van der Waals surface area contributed by atoms with Gasteiger partial charge in [0.15, 0.2) is 5.96 Å². The van der Waals surface area contributed by atoms with Crippen molar-refractivity contribution < 1.29 is 14.7 Å². The third-order valence-corrected chi connectivity index (χ3v) is 2.69. The predicted octanol–water partition coefficient (Wildman–Crippen LogP) is -3.38. The van der Waals surface area contributed by atoms with Crippen LogP contribution in [0.1, 0.15) is 18.5 Å². The monoisotopic (exact) mass is 327 g/mol. The zero-order valence-corrected chi connectivity index (χ0v) is 12.0. The molecule has 0 aromatic carbocycles. The predicted molar refractivity (Wildman–Crippen MR) is 78.7 cm³/mol. The fourth-order valence-electron chi connectivity index (χ4n) is 1.65. The number of carboxylic acids is 1. The smallest absolute Gasteiger partial charge is 0.342 e. The Labute approximate surface area is 129 Å². The molecule has 0 aliphatic carbocycles. The van der Waals surface area contributed by atoms with E-state index in [0.717, 1.165) is 0 Å². The summed E-state index contributed by atoms with van der Waals surface area (Å²) in [4.78, 5) is 50.7. The molecule has 126 valence electrons. The molecule has 0 radical (unpaired) electrons. The minimum Gasteiger partial charge on any atom is -0.480 e. The SMILES string of the molecule is NC(N)=NCCCC(NC(=O)Cc1n[nH]c(=O)[nH]c1=O)C(=O)O. The van der Waals surface area contributed by atoms with Crippen molar-refractivity contribution in [2.24, 2.45) is 16.5 Å². The summed E-state index contributed by atoms with van der Waals surface area (Å²) < 4.78 is 0. The first-order valence-electron chi connectivity index (χ1n) is 6.55. The first-order valence-corrected chi connectivity index (χ1v) is 6.55. The molecule has 0 spiro atoms. The molecule has 8 N–H and O–H groups in total. The lowest BCUT2D eigenvalue weighted by atomic mass is 10.1. The molecule has 1 aromatic rings. The maximum atomic E-state index is 11.8. The first-order chi connectivity index (χ1) is 10.8. The Morgan fingerprint density at radius 1 is 1.35 bits per heavy atom. The zero-order chi connectivity index (χ0) is 17.4. The summed E-state index contributed by atoms with van der Waals surface area (Å²) in [5, 5.41) is 16.7. The molecule has 23 heavy (non-hydrogen) atoms. The number of amides is 1. The number of aromatic amines is 2. The summed E-state index contributed by atoms with van der Waals surface area (Å²) in [5.41, 5.74) is 8.43. The lowest BCUT2D eigenvalue weighted by molar-refractivity contribution is -0.141. The molecule has 1 unspecified atom stereocenters. The van der Waals surface area contributed by atoms with Crippen LogP contribution in [0.4, 0.5) is 0 Å². The van der Waals surface area contributed by atoms with Gasteiger partial charge in [0.25, 0.3) is 5.56 Å². The van der Waals surface area contributed by atoms with Crippen molar-refractivity contribution >= 4 is 17.8 Å². The molecule has 0 aliphatic rings.